The number of amides is 2. The molecule has 0 radical (unpaired) electrons. The Bertz CT molecular complexity index is 1270. The first kappa shape index (κ1) is 22.1. The molecule has 4 aromatic rings. The predicted molar refractivity (Wildman–Crippen MR) is 128 cm³/mol. The minimum atomic E-state index is -0.238. The summed E-state index contributed by atoms with van der Waals surface area (Å²) in [6.45, 7) is 2.81. The van der Waals surface area contributed by atoms with Gasteiger partial charge in [-0.05, 0) is 49.4 Å². The van der Waals surface area contributed by atoms with Gasteiger partial charge in [-0.2, -0.15) is 0 Å². The van der Waals surface area contributed by atoms with E-state index in [4.69, 9.17) is 4.74 Å². The number of nitrogens with zero attached hydrogens (tertiary/aromatic N) is 3. The molecule has 1 heterocycles. The minimum absolute atomic E-state index is 0.0489. The Balaban J connectivity index is 1.58. The van der Waals surface area contributed by atoms with Crippen molar-refractivity contribution in [3.05, 3.63) is 90.3 Å². The number of anilines is 1. The number of likely N-dealkylation sites (N-methyl/N-ethyl adjacent to an activating group) is 1. The van der Waals surface area contributed by atoms with Crippen LogP contribution < -0.4 is 15.0 Å². The zero-order valence-electron chi connectivity index (χ0n) is 18.7. The number of ether oxygens (including phenoxy) is 1. The van der Waals surface area contributed by atoms with Gasteiger partial charge in [-0.1, -0.05) is 36.4 Å². The summed E-state index contributed by atoms with van der Waals surface area (Å²) in [7, 11) is 1.56. The van der Waals surface area contributed by atoms with Crippen LogP contribution in [0.1, 0.15) is 23.1 Å². The highest BCUT2D eigenvalue weighted by atomic mass is 16.5. The third kappa shape index (κ3) is 4.87. The zero-order chi connectivity index (χ0) is 23.2. The number of para-hydroxylation sites is 3. The molecule has 0 saturated heterocycles. The van der Waals surface area contributed by atoms with Crippen molar-refractivity contribution < 1.29 is 14.3 Å². The van der Waals surface area contributed by atoms with Crippen LogP contribution in [0.25, 0.3) is 11.0 Å². The standard InChI is InChI=1S/C26H26N4O3/c1-3-29(20-11-5-4-6-12-20)25(31)18-30-23-15-8-7-14-22(23)28-24(30)17-27-26(32)19-10-9-13-21(16-19)33-2/h4-16H,3,17-18H2,1-2H3,(H,27,32). The number of methoxy groups -OCH3 is 1. The second kappa shape index (κ2) is 9.99. The van der Waals surface area contributed by atoms with Gasteiger partial charge in [0, 0.05) is 17.8 Å². The molecule has 0 aliphatic carbocycles. The molecule has 0 atom stereocenters. The van der Waals surface area contributed by atoms with Crippen LogP contribution in [0, 0.1) is 0 Å². The fourth-order valence-corrected chi connectivity index (χ4v) is 3.79. The molecule has 0 bridgehead atoms. The van der Waals surface area contributed by atoms with Crippen LogP contribution >= 0.6 is 0 Å². The smallest absolute Gasteiger partial charge is 0.251 e. The van der Waals surface area contributed by atoms with Gasteiger partial charge in [0.25, 0.3) is 5.91 Å². The Morgan fingerprint density at radius 2 is 1.76 bits per heavy atom. The fourth-order valence-electron chi connectivity index (χ4n) is 3.79. The topological polar surface area (TPSA) is 76.5 Å². The van der Waals surface area contributed by atoms with E-state index in [0.717, 1.165) is 16.7 Å². The van der Waals surface area contributed by atoms with E-state index < -0.39 is 0 Å². The lowest BCUT2D eigenvalue weighted by Crippen LogP contribution is -2.34. The molecule has 1 N–H and O–H groups in total. The van der Waals surface area contributed by atoms with Gasteiger partial charge >= 0.3 is 0 Å². The molecule has 0 saturated carbocycles. The number of imidazole rings is 1. The predicted octanol–water partition coefficient (Wildman–Crippen LogP) is 4.03. The molecule has 0 aliphatic rings. The van der Waals surface area contributed by atoms with Crippen LogP contribution in [-0.4, -0.2) is 35.0 Å². The number of benzene rings is 3. The van der Waals surface area contributed by atoms with Crippen molar-refractivity contribution in [3.63, 3.8) is 0 Å². The first-order valence-electron chi connectivity index (χ1n) is 10.8. The molecule has 7 nitrogen and oxygen atoms in total. The zero-order valence-corrected chi connectivity index (χ0v) is 18.7. The van der Waals surface area contributed by atoms with Crippen LogP contribution in [0.3, 0.4) is 0 Å². The van der Waals surface area contributed by atoms with Crippen LogP contribution in [0.2, 0.25) is 0 Å². The number of hydrogen-bond acceptors (Lipinski definition) is 4. The van der Waals surface area contributed by atoms with Crippen LogP contribution in [-0.2, 0) is 17.9 Å². The number of nitrogens with one attached hydrogen (secondary N) is 1. The number of hydrogen-bond donors (Lipinski definition) is 1. The first-order chi connectivity index (χ1) is 16.1. The van der Waals surface area contributed by atoms with Crippen LogP contribution in [0.5, 0.6) is 5.75 Å². The third-order valence-corrected chi connectivity index (χ3v) is 5.45. The van der Waals surface area contributed by atoms with E-state index in [1.54, 1.807) is 36.3 Å². The van der Waals surface area contributed by atoms with E-state index in [0.29, 0.717) is 23.7 Å². The number of rotatable bonds is 8. The molecular weight excluding hydrogens is 416 g/mol. The van der Waals surface area contributed by atoms with Gasteiger partial charge < -0.3 is 19.5 Å². The molecule has 0 spiro atoms. The van der Waals surface area contributed by atoms with Crippen molar-refractivity contribution >= 4 is 28.5 Å². The van der Waals surface area contributed by atoms with Crippen molar-refractivity contribution in [2.24, 2.45) is 0 Å². The van der Waals surface area contributed by atoms with Crippen molar-refractivity contribution in [1.29, 1.82) is 0 Å². The van der Waals surface area contributed by atoms with Crippen LogP contribution in [0.4, 0.5) is 5.69 Å². The average Bonchev–Trinajstić information content (AvgIpc) is 3.21. The molecule has 2 amide bonds. The normalized spacial score (nSPS) is 10.7. The molecule has 7 heteroatoms. The summed E-state index contributed by atoms with van der Waals surface area (Å²) in [6.07, 6.45) is 0. The average molecular weight is 443 g/mol. The molecule has 0 unspecified atom stereocenters. The van der Waals surface area contributed by atoms with Gasteiger partial charge in [0.05, 0.1) is 24.7 Å². The largest absolute Gasteiger partial charge is 0.497 e. The third-order valence-electron chi connectivity index (χ3n) is 5.45. The SMILES string of the molecule is CCN(C(=O)Cn1c(CNC(=O)c2cccc(OC)c2)nc2ccccc21)c1ccccc1. The van der Waals surface area contributed by atoms with E-state index in [1.165, 1.54) is 0 Å². The fraction of sp³-hybridized carbons (Fsp3) is 0.192. The molecule has 0 fully saturated rings. The van der Waals surface area contributed by atoms with Gasteiger partial charge in [0.2, 0.25) is 5.91 Å². The van der Waals surface area contributed by atoms with Gasteiger partial charge in [-0.25, -0.2) is 4.98 Å². The molecule has 1 aromatic heterocycles. The summed E-state index contributed by atoms with van der Waals surface area (Å²) in [5, 5.41) is 2.91. The Labute approximate surface area is 192 Å². The van der Waals surface area contributed by atoms with Gasteiger partial charge in [0.15, 0.2) is 0 Å². The Morgan fingerprint density at radius 3 is 2.52 bits per heavy atom. The lowest BCUT2D eigenvalue weighted by molar-refractivity contribution is -0.119. The first-order valence-corrected chi connectivity index (χ1v) is 10.8. The highest BCUT2D eigenvalue weighted by Gasteiger charge is 2.19. The highest BCUT2D eigenvalue weighted by molar-refractivity contribution is 5.95. The van der Waals surface area contributed by atoms with E-state index in [-0.39, 0.29) is 24.9 Å². The number of carbonyl (C=O) groups excluding carboxylic acids is 2. The second-order valence-electron chi connectivity index (χ2n) is 7.49. The summed E-state index contributed by atoms with van der Waals surface area (Å²) in [5.41, 5.74) is 2.97. The summed E-state index contributed by atoms with van der Waals surface area (Å²) in [4.78, 5) is 32.4. The maximum absolute atomic E-state index is 13.2. The monoisotopic (exact) mass is 442 g/mol. The van der Waals surface area contributed by atoms with Crippen molar-refractivity contribution in [2.45, 2.75) is 20.0 Å². The number of aromatic nitrogens is 2. The Morgan fingerprint density at radius 1 is 1.00 bits per heavy atom. The Kier molecular flexibility index (Phi) is 6.69. The van der Waals surface area contributed by atoms with Gasteiger partial charge in [-0.15, -0.1) is 0 Å². The summed E-state index contributed by atoms with van der Waals surface area (Å²) in [5.74, 6) is 0.941. The molecular formula is C26H26N4O3. The molecule has 3 aromatic carbocycles. The van der Waals surface area contributed by atoms with Crippen molar-refractivity contribution in [3.8, 4) is 5.75 Å². The number of carbonyl (C=O) groups is 2. The summed E-state index contributed by atoms with van der Waals surface area (Å²) in [6, 6.07) is 24.2. The lowest BCUT2D eigenvalue weighted by atomic mass is 10.2. The quantitative estimate of drug-likeness (QED) is 0.447. The Hall–Kier alpha value is -4.13. The maximum Gasteiger partial charge on any atom is 0.251 e. The second-order valence-corrected chi connectivity index (χ2v) is 7.49. The molecule has 4 rings (SSSR count). The van der Waals surface area contributed by atoms with Gasteiger partial charge in [0.1, 0.15) is 18.1 Å². The lowest BCUT2D eigenvalue weighted by Gasteiger charge is -2.22. The summed E-state index contributed by atoms with van der Waals surface area (Å²) >= 11 is 0. The minimum Gasteiger partial charge on any atom is -0.497 e. The molecule has 168 valence electrons. The number of fused-ring (bicyclic) bond motifs is 1. The van der Waals surface area contributed by atoms with E-state index in [9.17, 15) is 9.59 Å². The van der Waals surface area contributed by atoms with E-state index in [2.05, 4.69) is 10.3 Å². The van der Waals surface area contributed by atoms with Crippen molar-refractivity contribution in [1.82, 2.24) is 14.9 Å². The molecule has 33 heavy (non-hydrogen) atoms. The molecule has 0 aliphatic heterocycles. The highest BCUT2D eigenvalue weighted by Crippen LogP contribution is 2.19. The van der Waals surface area contributed by atoms with E-state index >= 15 is 0 Å². The van der Waals surface area contributed by atoms with Gasteiger partial charge in [-0.3, -0.25) is 9.59 Å². The maximum atomic E-state index is 13.2. The van der Waals surface area contributed by atoms with Crippen molar-refractivity contribution in [2.75, 3.05) is 18.6 Å². The van der Waals surface area contributed by atoms with Crippen LogP contribution in [0.15, 0.2) is 78.9 Å². The summed E-state index contributed by atoms with van der Waals surface area (Å²) < 4.78 is 7.07. The van der Waals surface area contributed by atoms with E-state index in [1.807, 2.05) is 66.1 Å².